The van der Waals surface area contributed by atoms with E-state index in [1.807, 2.05) is 44.2 Å². The molecule has 0 spiro atoms. The predicted octanol–water partition coefficient (Wildman–Crippen LogP) is 4.25. The highest BCUT2D eigenvalue weighted by molar-refractivity contribution is 7.98. The van der Waals surface area contributed by atoms with E-state index in [1.54, 1.807) is 13.2 Å². The number of nitrogens with zero attached hydrogens (tertiary/aromatic N) is 1. The number of hydrogen-bond acceptors (Lipinski definition) is 6. The molecule has 1 aliphatic heterocycles. The van der Waals surface area contributed by atoms with Gasteiger partial charge in [0.25, 0.3) is 5.56 Å². The van der Waals surface area contributed by atoms with E-state index < -0.39 is 5.92 Å². The Morgan fingerprint density at radius 2 is 2.00 bits per heavy atom. The first-order valence-corrected chi connectivity index (χ1v) is 11.4. The number of methoxy groups -OCH3 is 1. The normalized spacial score (nSPS) is 15.1. The van der Waals surface area contributed by atoms with Gasteiger partial charge in [0.1, 0.15) is 5.82 Å². The van der Waals surface area contributed by atoms with Gasteiger partial charge in [0.05, 0.1) is 19.3 Å². The van der Waals surface area contributed by atoms with Crippen LogP contribution in [0.5, 0.6) is 11.5 Å². The van der Waals surface area contributed by atoms with Crippen LogP contribution in [0.25, 0.3) is 0 Å². The first kappa shape index (κ1) is 22.0. The van der Waals surface area contributed by atoms with Crippen molar-refractivity contribution in [3.8, 4) is 11.5 Å². The molecule has 1 aliphatic rings. The zero-order valence-electron chi connectivity index (χ0n) is 18.2. The fourth-order valence-corrected chi connectivity index (χ4v) is 4.64. The molecule has 0 radical (unpaired) electrons. The Morgan fingerprint density at radius 1 is 1.16 bits per heavy atom. The summed E-state index contributed by atoms with van der Waals surface area (Å²) in [5, 5.41) is 3.24. The summed E-state index contributed by atoms with van der Waals surface area (Å²) in [5.41, 5.74) is 3.32. The van der Waals surface area contributed by atoms with Gasteiger partial charge in [-0.1, -0.05) is 47.7 Å². The van der Waals surface area contributed by atoms with Gasteiger partial charge in [0.2, 0.25) is 5.91 Å². The third-order valence-electron chi connectivity index (χ3n) is 5.28. The van der Waals surface area contributed by atoms with Crippen molar-refractivity contribution in [3.63, 3.8) is 0 Å². The third-order valence-corrected chi connectivity index (χ3v) is 6.22. The molecule has 0 saturated carbocycles. The summed E-state index contributed by atoms with van der Waals surface area (Å²) in [4.78, 5) is 33.0. The number of anilines is 1. The second-order valence-corrected chi connectivity index (χ2v) is 8.52. The van der Waals surface area contributed by atoms with Crippen LogP contribution in [0.4, 0.5) is 5.82 Å². The predicted molar refractivity (Wildman–Crippen MR) is 125 cm³/mol. The van der Waals surface area contributed by atoms with E-state index in [0.29, 0.717) is 40.4 Å². The summed E-state index contributed by atoms with van der Waals surface area (Å²) in [5.74, 6) is 1.56. The number of fused-ring (bicyclic) bond motifs is 1. The number of aryl methyl sites for hydroxylation is 1. The van der Waals surface area contributed by atoms with Crippen molar-refractivity contribution < 1.29 is 14.3 Å². The zero-order chi connectivity index (χ0) is 22.7. The lowest BCUT2D eigenvalue weighted by molar-refractivity contribution is -0.116. The van der Waals surface area contributed by atoms with Crippen molar-refractivity contribution in [2.24, 2.45) is 0 Å². The summed E-state index contributed by atoms with van der Waals surface area (Å²) < 4.78 is 11.0. The molecular weight excluding hydrogens is 426 g/mol. The quantitative estimate of drug-likeness (QED) is 0.412. The molecule has 1 amide bonds. The Bertz CT molecular complexity index is 1210. The van der Waals surface area contributed by atoms with Crippen molar-refractivity contribution in [1.29, 1.82) is 0 Å². The maximum absolute atomic E-state index is 13.1. The lowest BCUT2D eigenvalue weighted by atomic mass is 9.86. The minimum absolute atomic E-state index is 0.158. The van der Waals surface area contributed by atoms with E-state index in [1.165, 1.54) is 17.3 Å². The molecule has 0 bridgehead atoms. The number of rotatable bonds is 7. The van der Waals surface area contributed by atoms with Crippen LogP contribution < -0.4 is 20.3 Å². The number of H-pyrrole nitrogens is 1. The van der Waals surface area contributed by atoms with E-state index in [-0.39, 0.29) is 17.9 Å². The van der Waals surface area contributed by atoms with Crippen molar-refractivity contribution in [3.05, 3.63) is 75.1 Å². The fraction of sp³-hybridized carbons (Fsp3) is 0.292. The molecule has 8 heteroatoms. The minimum atomic E-state index is -0.420. The number of thioether (sulfide) groups is 1. The Balaban J connectivity index is 1.66. The van der Waals surface area contributed by atoms with Gasteiger partial charge in [-0.3, -0.25) is 9.59 Å². The molecule has 0 saturated heterocycles. The molecule has 2 heterocycles. The molecule has 166 valence electrons. The number of benzene rings is 2. The van der Waals surface area contributed by atoms with E-state index in [4.69, 9.17) is 9.47 Å². The van der Waals surface area contributed by atoms with Crippen molar-refractivity contribution in [1.82, 2.24) is 9.97 Å². The third kappa shape index (κ3) is 4.65. The molecule has 7 nitrogen and oxygen atoms in total. The summed E-state index contributed by atoms with van der Waals surface area (Å²) in [7, 11) is 1.57. The van der Waals surface area contributed by atoms with Crippen LogP contribution in [-0.2, 0) is 10.5 Å². The standard InChI is InChI=1S/C24H25N3O4S/c1-4-31-19-11-16(8-9-18(19)30-3)17-12-20(28)25-22-21(17)23(29)27-24(26-22)32-13-15-7-5-6-14(2)10-15/h5-11,17H,4,12-13H2,1-3H3,(H2,25,26,27,28,29). The molecular formula is C24H25N3O4S. The summed E-state index contributed by atoms with van der Waals surface area (Å²) in [6.45, 7) is 4.41. The topological polar surface area (TPSA) is 93.3 Å². The number of hydrogen-bond donors (Lipinski definition) is 2. The maximum atomic E-state index is 13.1. The minimum Gasteiger partial charge on any atom is -0.493 e. The Kier molecular flexibility index (Phi) is 6.50. The van der Waals surface area contributed by atoms with Crippen LogP contribution in [0.1, 0.15) is 41.5 Å². The summed E-state index contributed by atoms with van der Waals surface area (Å²) in [6.07, 6.45) is 0.158. The second kappa shape index (κ2) is 9.48. The monoisotopic (exact) mass is 451 g/mol. The Morgan fingerprint density at radius 3 is 2.75 bits per heavy atom. The highest BCUT2D eigenvalue weighted by atomic mass is 32.2. The number of aromatic nitrogens is 2. The number of nitrogens with one attached hydrogen (secondary N) is 2. The van der Waals surface area contributed by atoms with Crippen molar-refractivity contribution in [2.75, 3.05) is 19.0 Å². The van der Waals surface area contributed by atoms with Gasteiger partial charge in [-0.05, 0) is 37.1 Å². The van der Waals surface area contributed by atoms with Gasteiger partial charge in [-0.2, -0.15) is 0 Å². The average Bonchev–Trinajstić information content (AvgIpc) is 2.77. The van der Waals surface area contributed by atoms with Gasteiger partial charge < -0.3 is 19.8 Å². The first-order valence-electron chi connectivity index (χ1n) is 10.4. The number of aromatic amines is 1. The van der Waals surface area contributed by atoms with Gasteiger partial charge in [0.15, 0.2) is 16.7 Å². The molecule has 1 atom stereocenters. The molecule has 32 heavy (non-hydrogen) atoms. The molecule has 4 rings (SSSR count). The van der Waals surface area contributed by atoms with Crippen LogP contribution in [-0.4, -0.2) is 29.6 Å². The molecule has 0 aliphatic carbocycles. The highest BCUT2D eigenvalue weighted by Crippen LogP contribution is 2.38. The van der Waals surface area contributed by atoms with E-state index in [9.17, 15) is 9.59 Å². The Hall–Kier alpha value is -3.26. The lowest BCUT2D eigenvalue weighted by Crippen LogP contribution is -2.31. The summed E-state index contributed by atoms with van der Waals surface area (Å²) >= 11 is 1.43. The van der Waals surface area contributed by atoms with Gasteiger partial charge >= 0.3 is 0 Å². The maximum Gasteiger partial charge on any atom is 0.257 e. The van der Waals surface area contributed by atoms with Gasteiger partial charge in [-0.15, -0.1) is 0 Å². The van der Waals surface area contributed by atoms with Crippen molar-refractivity contribution >= 4 is 23.5 Å². The van der Waals surface area contributed by atoms with Crippen LogP contribution in [0.15, 0.2) is 52.4 Å². The van der Waals surface area contributed by atoms with Crippen LogP contribution in [0, 0.1) is 6.92 Å². The SMILES string of the molecule is CCOc1cc(C2CC(=O)Nc3nc(SCc4cccc(C)c4)[nH]c(=O)c32)ccc1OC. The molecule has 2 aromatic carbocycles. The number of ether oxygens (including phenoxy) is 2. The Labute approximate surface area is 190 Å². The van der Waals surface area contributed by atoms with E-state index in [2.05, 4.69) is 21.4 Å². The average molecular weight is 452 g/mol. The second-order valence-electron chi connectivity index (χ2n) is 7.56. The largest absolute Gasteiger partial charge is 0.493 e. The molecule has 2 N–H and O–H groups in total. The first-order chi connectivity index (χ1) is 15.5. The van der Waals surface area contributed by atoms with Gasteiger partial charge in [0, 0.05) is 18.1 Å². The lowest BCUT2D eigenvalue weighted by Gasteiger charge is -2.25. The van der Waals surface area contributed by atoms with Gasteiger partial charge in [-0.25, -0.2) is 4.98 Å². The zero-order valence-corrected chi connectivity index (χ0v) is 19.0. The number of amides is 1. The van der Waals surface area contributed by atoms with E-state index >= 15 is 0 Å². The fourth-order valence-electron chi connectivity index (χ4n) is 3.84. The van der Waals surface area contributed by atoms with E-state index in [0.717, 1.165) is 11.1 Å². The van der Waals surface area contributed by atoms with Crippen LogP contribution in [0.2, 0.25) is 0 Å². The van der Waals surface area contributed by atoms with Crippen LogP contribution in [0.3, 0.4) is 0 Å². The molecule has 0 fully saturated rings. The molecule has 3 aromatic rings. The molecule has 1 unspecified atom stereocenters. The smallest absolute Gasteiger partial charge is 0.257 e. The molecule has 1 aromatic heterocycles. The number of carbonyl (C=O) groups is 1. The number of carbonyl (C=O) groups excluding carboxylic acids is 1. The van der Waals surface area contributed by atoms with Crippen molar-refractivity contribution in [2.45, 2.75) is 37.1 Å². The van der Waals surface area contributed by atoms with Crippen LogP contribution >= 0.6 is 11.8 Å². The summed E-state index contributed by atoms with van der Waals surface area (Å²) in [6, 6.07) is 13.7. The highest BCUT2D eigenvalue weighted by Gasteiger charge is 2.31.